The molecule has 2 aromatic rings. The van der Waals surface area contributed by atoms with Gasteiger partial charge in [0.25, 0.3) is 5.91 Å². The van der Waals surface area contributed by atoms with Crippen LogP contribution in [0.3, 0.4) is 0 Å². The number of anilines is 2. The fraction of sp³-hybridized carbons (Fsp3) is 0.519. The number of aliphatic hydroxyl groups excluding tert-OH is 1. The Morgan fingerprint density at radius 3 is 2.38 bits per heavy atom. The molecule has 1 aromatic carbocycles. The minimum Gasteiger partial charge on any atom is -0.394 e. The summed E-state index contributed by atoms with van der Waals surface area (Å²) in [6.45, 7) is 4.99. The molecule has 0 saturated carbocycles. The molecule has 0 fully saturated rings. The van der Waals surface area contributed by atoms with Crippen LogP contribution in [0, 0.1) is 11.3 Å². The lowest BCUT2D eigenvalue weighted by atomic mass is 10.1. The molecule has 0 radical (unpaired) electrons. The number of carbonyl (C=O) groups excluding carboxylic acids is 1. The van der Waals surface area contributed by atoms with Gasteiger partial charge in [0, 0.05) is 25.2 Å². The summed E-state index contributed by atoms with van der Waals surface area (Å²) in [5.74, 6) is 0.175. The third-order valence-electron chi connectivity index (χ3n) is 5.87. The molecule has 0 aliphatic carbocycles. The van der Waals surface area contributed by atoms with E-state index in [0.717, 1.165) is 31.1 Å². The number of pyridine rings is 1. The lowest BCUT2D eigenvalue weighted by Gasteiger charge is -2.27. The maximum absolute atomic E-state index is 13.3. The molecule has 37 heavy (non-hydrogen) atoms. The number of amides is 1. The first-order valence-corrected chi connectivity index (χ1v) is 14.7. The van der Waals surface area contributed by atoms with E-state index in [1.807, 2.05) is 42.2 Å². The predicted octanol–water partition coefficient (Wildman–Crippen LogP) is 3.50. The van der Waals surface area contributed by atoms with Crippen LogP contribution in [0.15, 0.2) is 42.5 Å². The Morgan fingerprint density at radius 2 is 1.78 bits per heavy atom. The summed E-state index contributed by atoms with van der Waals surface area (Å²) in [5, 5.41) is 22.0. The van der Waals surface area contributed by atoms with Gasteiger partial charge in [-0.3, -0.25) is 9.10 Å². The molecule has 9 nitrogen and oxygen atoms in total. The third-order valence-corrected chi connectivity index (χ3v) is 7.04. The monoisotopic (exact) mass is 529 g/mol. The highest BCUT2D eigenvalue weighted by Gasteiger charge is 2.23. The summed E-state index contributed by atoms with van der Waals surface area (Å²) in [4.78, 5) is 19.9. The number of unbranched alkanes of at least 4 members (excludes halogenated alkanes) is 2. The molecular weight excluding hydrogens is 490 g/mol. The molecule has 202 valence electrons. The molecule has 1 heterocycles. The van der Waals surface area contributed by atoms with Crippen molar-refractivity contribution in [2.75, 3.05) is 41.7 Å². The largest absolute Gasteiger partial charge is 0.394 e. The van der Waals surface area contributed by atoms with Crippen LogP contribution in [-0.4, -0.2) is 63.0 Å². The van der Waals surface area contributed by atoms with Gasteiger partial charge in [0.15, 0.2) is 0 Å². The molecule has 1 amide bonds. The summed E-state index contributed by atoms with van der Waals surface area (Å²) in [7, 11) is -3.64. The summed E-state index contributed by atoms with van der Waals surface area (Å²) in [5.41, 5.74) is 1.22. The SMILES string of the molecule is CCCCCN(CCC#N)c1cc(C(=O)N[C@H](CO)Cc2ccccc2)cc(N(CCC)S(C)(=O)=O)n1. The molecule has 0 aliphatic rings. The lowest BCUT2D eigenvalue weighted by molar-refractivity contribution is 0.0916. The second kappa shape index (κ2) is 15.2. The second-order valence-corrected chi connectivity index (χ2v) is 11.0. The van der Waals surface area contributed by atoms with E-state index in [4.69, 9.17) is 0 Å². The van der Waals surface area contributed by atoms with Gasteiger partial charge in [-0.25, -0.2) is 13.4 Å². The maximum Gasteiger partial charge on any atom is 0.251 e. The van der Waals surface area contributed by atoms with E-state index in [1.165, 1.54) is 10.4 Å². The highest BCUT2D eigenvalue weighted by molar-refractivity contribution is 7.92. The van der Waals surface area contributed by atoms with Crippen LogP contribution in [0.1, 0.15) is 61.9 Å². The summed E-state index contributed by atoms with van der Waals surface area (Å²) in [6.07, 6.45) is 5.31. The number of aromatic nitrogens is 1. The molecule has 10 heteroatoms. The Morgan fingerprint density at radius 1 is 1.08 bits per heavy atom. The van der Waals surface area contributed by atoms with Crippen molar-refractivity contribution in [3.05, 3.63) is 53.6 Å². The summed E-state index contributed by atoms with van der Waals surface area (Å²) >= 11 is 0. The Balaban J connectivity index is 2.47. The van der Waals surface area contributed by atoms with E-state index >= 15 is 0 Å². The Bertz CT molecular complexity index is 1140. The number of nitriles is 1. The Labute approximate surface area is 221 Å². The third kappa shape index (κ3) is 9.67. The molecular formula is C27H39N5O4S. The van der Waals surface area contributed by atoms with E-state index < -0.39 is 22.0 Å². The predicted molar refractivity (Wildman–Crippen MR) is 147 cm³/mol. The highest BCUT2D eigenvalue weighted by atomic mass is 32.2. The van der Waals surface area contributed by atoms with Gasteiger partial charge in [-0.2, -0.15) is 5.26 Å². The normalized spacial score (nSPS) is 12.0. The number of nitrogens with one attached hydrogen (secondary N) is 1. The first-order valence-electron chi connectivity index (χ1n) is 12.8. The number of sulfonamides is 1. The Hall–Kier alpha value is -3.16. The zero-order valence-electron chi connectivity index (χ0n) is 22.1. The number of rotatable bonds is 16. The quantitative estimate of drug-likeness (QED) is 0.319. The van der Waals surface area contributed by atoms with Gasteiger partial charge in [0.05, 0.1) is 31.4 Å². The average molecular weight is 530 g/mol. The van der Waals surface area contributed by atoms with E-state index in [9.17, 15) is 23.6 Å². The number of hydrogen-bond acceptors (Lipinski definition) is 7. The fourth-order valence-corrected chi connectivity index (χ4v) is 4.93. The van der Waals surface area contributed by atoms with Crippen LogP contribution < -0.4 is 14.5 Å². The van der Waals surface area contributed by atoms with Crippen LogP contribution in [0.4, 0.5) is 11.6 Å². The van der Waals surface area contributed by atoms with Gasteiger partial charge in [0.2, 0.25) is 10.0 Å². The van der Waals surface area contributed by atoms with E-state index in [0.29, 0.717) is 31.7 Å². The van der Waals surface area contributed by atoms with Crippen molar-refractivity contribution in [3.63, 3.8) is 0 Å². The van der Waals surface area contributed by atoms with Crippen molar-refractivity contribution < 1.29 is 18.3 Å². The van der Waals surface area contributed by atoms with Gasteiger partial charge >= 0.3 is 0 Å². The molecule has 2 N–H and O–H groups in total. The molecule has 0 bridgehead atoms. The smallest absolute Gasteiger partial charge is 0.251 e. The van der Waals surface area contributed by atoms with Crippen LogP contribution >= 0.6 is 0 Å². The number of benzene rings is 1. The van der Waals surface area contributed by atoms with Crippen LogP contribution in [0.2, 0.25) is 0 Å². The second-order valence-electron chi connectivity index (χ2n) is 9.05. The van der Waals surface area contributed by atoms with Crippen molar-refractivity contribution in [2.24, 2.45) is 0 Å². The standard InChI is InChI=1S/C27H39N5O4S/c1-4-6-10-16-31(17-11-14-28)25-19-23(20-26(30-25)32(15-5-2)37(3,35)36)27(34)29-24(21-33)18-22-12-8-7-9-13-22/h7-9,12-13,19-20,24,33H,4-6,10-11,15-18,21H2,1-3H3,(H,29,34)/t24-/m0/s1. The maximum atomic E-state index is 13.3. The molecule has 0 unspecified atom stereocenters. The van der Waals surface area contributed by atoms with Crippen LogP contribution in [0.25, 0.3) is 0 Å². The molecule has 1 atom stereocenters. The van der Waals surface area contributed by atoms with E-state index in [1.54, 1.807) is 6.07 Å². The van der Waals surface area contributed by atoms with Crippen LogP contribution in [-0.2, 0) is 16.4 Å². The van der Waals surface area contributed by atoms with Crippen molar-refractivity contribution in [2.45, 2.75) is 58.4 Å². The van der Waals surface area contributed by atoms with Gasteiger partial charge < -0.3 is 15.3 Å². The first-order chi connectivity index (χ1) is 17.7. The Kier molecular flexibility index (Phi) is 12.3. The first kappa shape index (κ1) is 30.1. The topological polar surface area (TPSA) is 127 Å². The van der Waals surface area contributed by atoms with Crippen molar-refractivity contribution in [1.82, 2.24) is 10.3 Å². The fourth-order valence-electron chi connectivity index (χ4n) is 3.98. The van der Waals surface area contributed by atoms with Gasteiger partial charge in [-0.1, -0.05) is 57.0 Å². The molecule has 0 aliphatic heterocycles. The number of hydrogen-bond donors (Lipinski definition) is 2. The minimum absolute atomic E-state index is 0.160. The lowest BCUT2D eigenvalue weighted by Crippen LogP contribution is -2.39. The zero-order chi connectivity index (χ0) is 27.3. The summed E-state index contributed by atoms with van der Waals surface area (Å²) < 4.78 is 26.4. The van der Waals surface area contributed by atoms with Crippen LogP contribution in [0.5, 0.6) is 0 Å². The van der Waals surface area contributed by atoms with E-state index in [-0.39, 0.29) is 31.0 Å². The number of nitrogens with zero attached hydrogens (tertiary/aromatic N) is 4. The highest BCUT2D eigenvalue weighted by Crippen LogP contribution is 2.24. The molecule has 2 rings (SSSR count). The number of aliphatic hydroxyl groups is 1. The summed E-state index contributed by atoms with van der Waals surface area (Å²) in [6, 6.07) is 14.3. The average Bonchev–Trinajstić information content (AvgIpc) is 2.88. The van der Waals surface area contributed by atoms with Crippen molar-refractivity contribution >= 4 is 27.6 Å². The molecule has 0 spiro atoms. The minimum atomic E-state index is -3.64. The zero-order valence-corrected chi connectivity index (χ0v) is 22.9. The van der Waals surface area contributed by atoms with Gasteiger partial charge in [-0.15, -0.1) is 0 Å². The van der Waals surface area contributed by atoms with Crippen molar-refractivity contribution in [3.8, 4) is 6.07 Å². The molecule has 1 aromatic heterocycles. The van der Waals surface area contributed by atoms with Gasteiger partial charge in [-0.05, 0) is 37.0 Å². The van der Waals surface area contributed by atoms with Crippen molar-refractivity contribution in [1.29, 1.82) is 5.26 Å². The molecule has 0 saturated heterocycles. The van der Waals surface area contributed by atoms with E-state index in [2.05, 4.69) is 23.3 Å². The number of carbonyl (C=O) groups is 1. The van der Waals surface area contributed by atoms with Gasteiger partial charge in [0.1, 0.15) is 11.6 Å².